The third-order valence-corrected chi connectivity index (χ3v) is 9.44. The first-order valence-corrected chi connectivity index (χ1v) is 15.1. The molecule has 2 aliphatic rings. The largest absolute Gasteiger partial charge is 0.372 e. The Balaban J connectivity index is 1.57. The Kier molecular flexibility index (Phi) is 9.22. The molecule has 208 valence electrons. The van der Waals surface area contributed by atoms with E-state index in [0.717, 1.165) is 12.8 Å². The molecule has 0 radical (unpaired) electrons. The van der Waals surface area contributed by atoms with Crippen molar-refractivity contribution in [2.45, 2.75) is 92.3 Å². The summed E-state index contributed by atoms with van der Waals surface area (Å²) in [4.78, 5) is 0. The first kappa shape index (κ1) is 29.3. The molecular formula is C38H50O. The Hall–Kier alpha value is -2.64. The monoisotopic (exact) mass is 522 g/mol. The minimum Gasteiger partial charge on any atom is -0.372 e. The smallest absolute Gasteiger partial charge is 0.0724 e. The van der Waals surface area contributed by atoms with Crippen molar-refractivity contribution in [2.24, 2.45) is 23.7 Å². The minimum atomic E-state index is 0.00526. The normalized spacial score (nSPS) is 23.2. The van der Waals surface area contributed by atoms with Crippen LogP contribution in [0.5, 0.6) is 0 Å². The third-order valence-electron chi connectivity index (χ3n) is 9.44. The average molecular weight is 523 g/mol. The molecule has 0 fully saturated rings. The summed E-state index contributed by atoms with van der Waals surface area (Å²) >= 11 is 0. The summed E-state index contributed by atoms with van der Waals surface area (Å²) in [7, 11) is 0. The second kappa shape index (κ2) is 12.3. The lowest BCUT2D eigenvalue weighted by atomic mass is 9.65. The van der Waals surface area contributed by atoms with E-state index < -0.39 is 0 Å². The number of rotatable bonds is 10. The van der Waals surface area contributed by atoms with Crippen molar-refractivity contribution in [2.75, 3.05) is 0 Å². The van der Waals surface area contributed by atoms with E-state index >= 15 is 0 Å². The highest BCUT2D eigenvalue weighted by molar-refractivity contribution is 5.45. The first-order valence-electron chi connectivity index (χ1n) is 15.1. The van der Waals surface area contributed by atoms with Crippen molar-refractivity contribution in [3.05, 3.63) is 118 Å². The van der Waals surface area contributed by atoms with Gasteiger partial charge in [-0.1, -0.05) is 140 Å². The zero-order chi connectivity index (χ0) is 28.2. The number of benzene rings is 2. The van der Waals surface area contributed by atoms with Crippen LogP contribution in [0.15, 0.2) is 96.1 Å². The van der Waals surface area contributed by atoms with Gasteiger partial charge in [-0.2, -0.15) is 0 Å². The Bertz CT molecular complexity index is 1150. The summed E-state index contributed by atoms with van der Waals surface area (Å²) in [6.45, 7) is 19.8. The van der Waals surface area contributed by atoms with Crippen LogP contribution >= 0.6 is 0 Å². The van der Waals surface area contributed by atoms with Crippen molar-refractivity contribution in [3.63, 3.8) is 0 Å². The van der Waals surface area contributed by atoms with E-state index in [-0.39, 0.29) is 10.8 Å². The van der Waals surface area contributed by atoms with Crippen LogP contribution in [0.2, 0.25) is 0 Å². The second-order valence-corrected chi connectivity index (χ2v) is 13.0. The highest BCUT2D eigenvalue weighted by Crippen LogP contribution is 2.44. The van der Waals surface area contributed by atoms with E-state index in [4.69, 9.17) is 4.74 Å². The van der Waals surface area contributed by atoms with Crippen LogP contribution < -0.4 is 0 Å². The van der Waals surface area contributed by atoms with Gasteiger partial charge in [-0.05, 0) is 69.9 Å². The summed E-state index contributed by atoms with van der Waals surface area (Å²) in [5.41, 5.74) is 8.32. The van der Waals surface area contributed by atoms with Gasteiger partial charge in [0.15, 0.2) is 0 Å². The molecule has 0 heterocycles. The van der Waals surface area contributed by atoms with Crippen LogP contribution in [-0.4, -0.2) is 0 Å². The molecule has 0 saturated carbocycles. The standard InChI is InChI=1S/C38H50O/c1-27(2)31-17-21-37(22-18-31,29(5)6)35-15-11-9-13-33(35)25-39-26-34-14-10-12-16-36(34)38(30(7)8)23-19-32(20-24-38)28(3)4/h9-21,23,27-30H,22,24-26H2,1-8H3. The summed E-state index contributed by atoms with van der Waals surface area (Å²) in [6.07, 6.45) is 16.7. The molecule has 0 aromatic heterocycles. The van der Waals surface area contributed by atoms with E-state index in [1.807, 2.05) is 0 Å². The van der Waals surface area contributed by atoms with Crippen molar-refractivity contribution < 1.29 is 4.74 Å². The number of ether oxygens (including phenoxy) is 1. The highest BCUT2D eigenvalue weighted by atomic mass is 16.5. The molecule has 0 saturated heterocycles. The van der Waals surface area contributed by atoms with Gasteiger partial charge in [-0.15, -0.1) is 0 Å². The third kappa shape index (κ3) is 5.94. The molecule has 4 rings (SSSR count). The number of hydrogen-bond acceptors (Lipinski definition) is 1. The Morgan fingerprint density at radius 2 is 0.974 bits per heavy atom. The molecule has 2 aliphatic carbocycles. The molecule has 2 aromatic carbocycles. The summed E-state index contributed by atoms with van der Waals surface area (Å²) < 4.78 is 6.56. The molecule has 0 spiro atoms. The van der Waals surface area contributed by atoms with E-state index in [2.05, 4.69) is 140 Å². The fraction of sp³-hybridized carbons (Fsp3) is 0.474. The van der Waals surface area contributed by atoms with E-state index in [1.54, 1.807) is 0 Å². The minimum absolute atomic E-state index is 0.00526. The van der Waals surface area contributed by atoms with E-state index in [1.165, 1.54) is 33.4 Å². The zero-order valence-electron chi connectivity index (χ0n) is 25.6. The molecule has 2 atom stereocenters. The molecule has 0 amide bonds. The lowest BCUT2D eigenvalue weighted by Crippen LogP contribution is -2.33. The molecule has 0 bridgehead atoms. The molecule has 0 N–H and O–H groups in total. The predicted octanol–water partition coefficient (Wildman–Crippen LogP) is 10.3. The van der Waals surface area contributed by atoms with Gasteiger partial charge >= 0.3 is 0 Å². The van der Waals surface area contributed by atoms with Crippen LogP contribution in [0.25, 0.3) is 0 Å². The summed E-state index contributed by atoms with van der Waals surface area (Å²) in [6, 6.07) is 17.9. The van der Waals surface area contributed by atoms with Crippen LogP contribution in [0.3, 0.4) is 0 Å². The second-order valence-electron chi connectivity index (χ2n) is 13.0. The Morgan fingerprint density at radius 3 is 1.28 bits per heavy atom. The van der Waals surface area contributed by atoms with Gasteiger partial charge in [0.05, 0.1) is 13.2 Å². The quantitative estimate of drug-likeness (QED) is 0.301. The van der Waals surface area contributed by atoms with Crippen LogP contribution in [-0.2, 0) is 28.8 Å². The van der Waals surface area contributed by atoms with Gasteiger partial charge in [0.2, 0.25) is 0 Å². The summed E-state index contributed by atoms with van der Waals surface area (Å²) in [5.74, 6) is 2.11. The van der Waals surface area contributed by atoms with Crippen molar-refractivity contribution >= 4 is 0 Å². The van der Waals surface area contributed by atoms with Gasteiger partial charge in [0, 0.05) is 10.8 Å². The zero-order valence-corrected chi connectivity index (χ0v) is 25.6. The van der Waals surface area contributed by atoms with Crippen LogP contribution in [0, 0.1) is 23.7 Å². The van der Waals surface area contributed by atoms with Gasteiger partial charge in [-0.3, -0.25) is 0 Å². The van der Waals surface area contributed by atoms with E-state index in [0.29, 0.717) is 36.9 Å². The molecule has 39 heavy (non-hydrogen) atoms. The molecular weight excluding hydrogens is 472 g/mol. The van der Waals surface area contributed by atoms with Crippen molar-refractivity contribution in [1.29, 1.82) is 0 Å². The van der Waals surface area contributed by atoms with Gasteiger partial charge in [0.25, 0.3) is 0 Å². The molecule has 1 heteroatoms. The lowest BCUT2D eigenvalue weighted by Gasteiger charge is -2.39. The molecule has 2 aromatic rings. The van der Waals surface area contributed by atoms with Crippen LogP contribution in [0.1, 0.15) is 90.5 Å². The van der Waals surface area contributed by atoms with Gasteiger partial charge in [0.1, 0.15) is 0 Å². The SMILES string of the molecule is CC(C)C1=CCC(c2ccccc2COCc2ccccc2C2(C(C)C)C=CC(C(C)C)=CC2)(C(C)C)C=C1. The number of hydrogen-bond donors (Lipinski definition) is 0. The Morgan fingerprint density at radius 1 is 0.590 bits per heavy atom. The predicted molar refractivity (Wildman–Crippen MR) is 168 cm³/mol. The molecule has 0 aliphatic heterocycles. The Labute approximate surface area is 238 Å². The topological polar surface area (TPSA) is 9.23 Å². The fourth-order valence-electron chi connectivity index (χ4n) is 6.54. The fourth-order valence-corrected chi connectivity index (χ4v) is 6.54. The van der Waals surface area contributed by atoms with E-state index in [9.17, 15) is 0 Å². The maximum absolute atomic E-state index is 6.56. The lowest BCUT2D eigenvalue weighted by molar-refractivity contribution is 0.104. The maximum atomic E-state index is 6.56. The van der Waals surface area contributed by atoms with Gasteiger partial charge < -0.3 is 4.74 Å². The number of allylic oxidation sites excluding steroid dienone is 8. The van der Waals surface area contributed by atoms with Crippen molar-refractivity contribution in [3.8, 4) is 0 Å². The molecule has 1 nitrogen and oxygen atoms in total. The summed E-state index contributed by atoms with van der Waals surface area (Å²) in [5, 5.41) is 0. The van der Waals surface area contributed by atoms with Crippen LogP contribution in [0.4, 0.5) is 0 Å². The van der Waals surface area contributed by atoms with Crippen molar-refractivity contribution in [1.82, 2.24) is 0 Å². The molecule has 2 unspecified atom stereocenters. The maximum Gasteiger partial charge on any atom is 0.0724 e. The highest BCUT2D eigenvalue weighted by Gasteiger charge is 2.37. The first-order chi connectivity index (χ1) is 18.6. The average Bonchev–Trinajstić information content (AvgIpc) is 2.93. The van der Waals surface area contributed by atoms with Gasteiger partial charge in [-0.25, -0.2) is 0 Å².